The van der Waals surface area contributed by atoms with Crippen LogP contribution in [-0.2, 0) is 4.79 Å². The summed E-state index contributed by atoms with van der Waals surface area (Å²) in [5.41, 5.74) is 5.88. The Kier molecular flexibility index (Phi) is 7.98. The van der Waals surface area contributed by atoms with Gasteiger partial charge >= 0.3 is 0 Å². The van der Waals surface area contributed by atoms with Crippen molar-refractivity contribution in [3.8, 4) is 0 Å². The molecule has 1 atom stereocenters. The monoisotopic (exact) mass is 539 g/mol. The average Bonchev–Trinajstić information content (AvgIpc) is 3.64. The molecule has 3 aromatic rings. The Morgan fingerprint density at radius 1 is 1.10 bits per heavy atom. The Morgan fingerprint density at radius 3 is 2.67 bits per heavy atom. The van der Waals surface area contributed by atoms with E-state index in [9.17, 15) is 4.79 Å². The fourth-order valence-electron chi connectivity index (χ4n) is 6.40. The number of benzene rings is 1. The molecular formula is C32H41N7O. The molecule has 0 radical (unpaired) electrons. The van der Waals surface area contributed by atoms with Gasteiger partial charge in [-0.2, -0.15) is 10.2 Å². The van der Waals surface area contributed by atoms with Crippen molar-refractivity contribution in [1.82, 2.24) is 34.7 Å². The summed E-state index contributed by atoms with van der Waals surface area (Å²) in [4.78, 5) is 18.7. The molecule has 4 heterocycles. The van der Waals surface area contributed by atoms with E-state index in [0.717, 1.165) is 93.7 Å². The van der Waals surface area contributed by atoms with Crippen molar-refractivity contribution in [3.05, 3.63) is 66.1 Å². The number of H-pyrrole nitrogens is 1. The number of piperazine rings is 1. The quantitative estimate of drug-likeness (QED) is 0.440. The normalized spacial score (nSPS) is 21.8. The van der Waals surface area contributed by atoms with Crippen LogP contribution in [0, 0.1) is 5.92 Å². The third-order valence-electron chi connectivity index (χ3n) is 8.97. The summed E-state index contributed by atoms with van der Waals surface area (Å²) in [6.07, 6.45) is 17.9. The third-order valence-corrected chi connectivity index (χ3v) is 8.97. The van der Waals surface area contributed by atoms with Gasteiger partial charge in [-0.05, 0) is 99.7 Å². The minimum Gasteiger partial charge on any atom is -0.337 e. The zero-order valence-corrected chi connectivity index (χ0v) is 23.6. The molecule has 2 saturated heterocycles. The van der Waals surface area contributed by atoms with Crippen molar-refractivity contribution < 1.29 is 4.79 Å². The number of carbonyl (C=O) groups excluding carboxylic acids is 1. The Morgan fingerprint density at radius 2 is 1.93 bits per heavy atom. The first-order chi connectivity index (χ1) is 19.6. The Hall–Kier alpha value is -3.49. The molecule has 2 aromatic heterocycles. The average molecular weight is 540 g/mol. The number of aromatic nitrogens is 4. The molecule has 3 aliphatic rings. The summed E-state index contributed by atoms with van der Waals surface area (Å²) in [6, 6.07) is 7.17. The number of carbonyl (C=O) groups is 1. The van der Waals surface area contributed by atoms with Gasteiger partial charge in [-0.15, -0.1) is 0 Å². The number of piperidine rings is 1. The van der Waals surface area contributed by atoms with E-state index in [1.807, 2.05) is 11.1 Å². The molecule has 0 bridgehead atoms. The highest BCUT2D eigenvalue weighted by molar-refractivity contribution is 5.91. The predicted molar refractivity (Wildman–Crippen MR) is 162 cm³/mol. The number of hydrogen-bond donors (Lipinski definition) is 1. The lowest BCUT2D eigenvalue weighted by atomic mass is 9.86. The van der Waals surface area contributed by atoms with E-state index in [-0.39, 0.29) is 5.91 Å². The van der Waals surface area contributed by atoms with Gasteiger partial charge in [0.1, 0.15) is 0 Å². The lowest BCUT2D eigenvalue weighted by Crippen LogP contribution is -2.49. The topological polar surface area (TPSA) is 73.3 Å². The molecular weight excluding hydrogens is 498 g/mol. The second kappa shape index (κ2) is 11.9. The number of hydrogen-bond acceptors (Lipinski definition) is 5. The number of allylic oxidation sites excluding steroid dienone is 2. The lowest BCUT2D eigenvalue weighted by molar-refractivity contribution is -0.127. The minimum absolute atomic E-state index is 0.0530. The van der Waals surface area contributed by atoms with Crippen LogP contribution in [0.3, 0.4) is 0 Å². The van der Waals surface area contributed by atoms with Crippen LogP contribution in [0.1, 0.15) is 55.0 Å². The van der Waals surface area contributed by atoms with Gasteiger partial charge in [-0.1, -0.05) is 18.7 Å². The van der Waals surface area contributed by atoms with E-state index in [1.54, 1.807) is 0 Å². The first kappa shape index (κ1) is 26.7. The highest BCUT2D eigenvalue weighted by atomic mass is 16.2. The van der Waals surface area contributed by atoms with Crippen LogP contribution >= 0.6 is 0 Å². The molecule has 210 valence electrons. The molecule has 2 fully saturated rings. The van der Waals surface area contributed by atoms with Gasteiger partial charge in [-0.3, -0.25) is 19.5 Å². The van der Waals surface area contributed by atoms with Crippen LogP contribution in [0.4, 0.5) is 0 Å². The van der Waals surface area contributed by atoms with E-state index >= 15 is 0 Å². The van der Waals surface area contributed by atoms with Crippen molar-refractivity contribution in [3.63, 3.8) is 0 Å². The summed E-state index contributed by atoms with van der Waals surface area (Å²) in [6.45, 7) is 10.5. The minimum atomic E-state index is 0.0530. The number of nitrogens with zero attached hydrogens (tertiary/aromatic N) is 6. The van der Waals surface area contributed by atoms with Gasteiger partial charge in [0.05, 0.1) is 23.4 Å². The van der Waals surface area contributed by atoms with Gasteiger partial charge in [0.2, 0.25) is 5.91 Å². The molecule has 40 heavy (non-hydrogen) atoms. The molecule has 8 nitrogen and oxygen atoms in total. The molecule has 1 aliphatic carbocycles. The van der Waals surface area contributed by atoms with E-state index in [4.69, 9.17) is 0 Å². The first-order valence-corrected chi connectivity index (χ1v) is 14.8. The number of nitrogens with one attached hydrogen (secondary N) is 1. The fourth-order valence-corrected chi connectivity index (χ4v) is 6.40. The maximum Gasteiger partial charge on any atom is 0.246 e. The number of likely N-dealkylation sites (tertiary alicyclic amines) is 1. The second-order valence-electron chi connectivity index (χ2n) is 11.7. The molecule has 6 rings (SSSR count). The van der Waals surface area contributed by atoms with Gasteiger partial charge in [0, 0.05) is 49.9 Å². The Balaban J connectivity index is 1.07. The highest BCUT2D eigenvalue weighted by Crippen LogP contribution is 2.33. The number of fused-ring (bicyclic) bond motifs is 1. The molecule has 2 aliphatic heterocycles. The summed E-state index contributed by atoms with van der Waals surface area (Å²) < 4.78 is 2.14. The summed E-state index contributed by atoms with van der Waals surface area (Å²) >= 11 is 0. The number of amides is 1. The van der Waals surface area contributed by atoms with Crippen LogP contribution in [0.15, 0.2) is 49.3 Å². The van der Waals surface area contributed by atoms with E-state index < -0.39 is 0 Å². The van der Waals surface area contributed by atoms with Crippen molar-refractivity contribution in [2.45, 2.75) is 38.1 Å². The number of rotatable bonds is 7. The lowest BCUT2D eigenvalue weighted by Gasteiger charge is -2.36. The molecule has 1 unspecified atom stereocenters. The molecule has 1 amide bonds. The maximum absolute atomic E-state index is 11.9. The van der Waals surface area contributed by atoms with Crippen molar-refractivity contribution in [2.24, 2.45) is 5.92 Å². The van der Waals surface area contributed by atoms with Crippen molar-refractivity contribution >= 4 is 34.5 Å². The first-order valence-electron chi connectivity index (χ1n) is 14.8. The van der Waals surface area contributed by atoms with Crippen LogP contribution in [0.25, 0.3) is 28.6 Å². The molecule has 1 aromatic carbocycles. The Labute approximate surface area is 237 Å². The van der Waals surface area contributed by atoms with Crippen molar-refractivity contribution in [1.29, 1.82) is 0 Å². The highest BCUT2D eigenvalue weighted by Gasteiger charge is 2.24. The second-order valence-corrected chi connectivity index (χ2v) is 11.7. The van der Waals surface area contributed by atoms with Crippen molar-refractivity contribution in [2.75, 3.05) is 52.9 Å². The van der Waals surface area contributed by atoms with Gasteiger partial charge in [0.25, 0.3) is 0 Å². The largest absolute Gasteiger partial charge is 0.337 e. The summed E-state index contributed by atoms with van der Waals surface area (Å²) in [5.74, 6) is 0.731. The standard InChI is InChI=1S/C32H41N7O/c1-3-32(40)38-18-16-37(17-19-38)22-24-4-7-26(8-5-24)27-9-11-31-29(20-27)30(34-35-31)10-6-25-21-33-39(23-25)28-12-14-36(2)15-13-28/h3,6-7,9-11,20-21,23-24,28H,1,4-5,8,12-19,22H2,2H3,(H,34,35)/b10-6+. The van der Waals surface area contributed by atoms with E-state index in [2.05, 4.69) is 86.0 Å². The predicted octanol–water partition coefficient (Wildman–Crippen LogP) is 4.71. The molecule has 1 N–H and O–H groups in total. The molecule has 8 heteroatoms. The SMILES string of the molecule is C=CC(=O)N1CCN(CC2CC=C(c3ccc4[nH]nc(/C=C/c5cnn(C6CCN(C)CC6)c5)c4c3)CC2)CC1. The van der Waals surface area contributed by atoms with Gasteiger partial charge in [0.15, 0.2) is 0 Å². The maximum atomic E-state index is 11.9. The van der Waals surface area contributed by atoms with E-state index in [0.29, 0.717) is 12.0 Å². The zero-order chi connectivity index (χ0) is 27.5. The van der Waals surface area contributed by atoms with Crippen LogP contribution in [-0.4, -0.2) is 93.4 Å². The van der Waals surface area contributed by atoms with Crippen LogP contribution < -0.4 is 0 Å². The van der Waals surface area contributed by atoms with Gasteiger partial charge in [-0.25, -0.2) is 0 Å². The Bertz CT molecular complexity index is 1400. The third kappa shape index (κ3) is 5.98. The summed E-state index contributed by atoms with van der Waals surface area (Å²) in [7, 11) is 2.19. The molecule has 0 saturated carbocycles. The van der Waals surface area contributed by atoms with E-state index in [1.165, 1.54) is 23.6 Å². The summed E-state index contributed by atoms with van der Waals surface area (Å²) in [5, 5.41) is 13.6. The van der Waals surface area contributed by atoms with Crippen LogP contribution in [0.2, 0.25) is 0 Å². The zero-order valence-electron chi connectivity index (χ0n) is 23.6. The van der Waals surface area contributed by atoms with Gasteiger partial charge < -0.3 is 9.80 Å². The van der Waals surface area contributed by atoms with Crippen LogP contribution in [0.5, 0.6) is 0 Å². The smallest absolute Gasteiger partial charge is 0.246 e. The fraction of sp³-hybridized carbons (Fsp3) is 0.469. The number of aromatic amines is 1. The molecule has 0 spiro atoms.